The van der Waals surface area contributed by atoms with Gasteiger partial charge in [-0.3, -0.25) is 14.2 Å². The number of hydrogen-bond donors (Lipinski definition) is 1. The highest BCUT2D eigenvalue weighted by Crippen LogP contribution is 2.22. The van der Waals surface area contributed by atoms with Crippen LogP contribution in [0.1, 0.15) is 34.6 Å². The summed E-state index contributed by atoms with van der Waals surface area (Å²) in [6.45, 7) is 9.97. The summed E-state index contributed by atoms with van der Waals surface area (Å²) in [7, 11) is 0. The van der Waals surface area contributed by atoms with Crippen molar-refractivity contribution in [2.75, 3.05) is 5.75 Å². The van der Waals surface area contributed by atoms with Crippen molar-refractivity contribution >= 4 is 40.2 Å². The largest absolute Gasteiger partial charge is 0.337 e. The third-order valence-electron chi connectivity index (χ3n) is 4.55. The lowest BCUT2D eigenvalue weighted by atomic mass is 9.90. The molecule has 0 aliphatic rings. The van der Waals surface area contributed by atoms with Gasteiger partial charge in [0, 0.05) is 11.6 Å². The molecule has 1 N–H and O–H groups in total. The van der Waals surface area contributed by atoms with Crippen molar-refractivity contribution in [1.82, 2.24) is 14.9 Å². The van der Waals surface area contributed by atoms with Gasteiger partial charge in [-0.2, -0.15) is 5.26 Å². The van der Waals surface area contributed by atoms with Gasteiger partial charge in [-0.1, -0.05) is 51.1 Å². The monoisotopic (exact) mass is 420 g/mol. The van der Waals surface area contributed by atoms with E-state index in [9.17, 15) is 14.9 Å². The first-order chi connectivity index (χ1) is 13.1. The maximum atomic E-state index is 13.0. The molecule has 0 bridgehead atoms. The number of halogens is 1. The quantitative estimate of drug-likeness (QED) is 0.542. The summed E-state index contributed by atoms with van der Waals surface area (Å²) in [6, 6.07) is 7.16. The number of benzene rings is 1. The molecular formula is C20H25ClN4O2S. The van der Waals surface area contributed by atoms with E-state index in [2.05, 4.69) is 16.4 Å². The van der Waals surface area contributed by atoms with Crippen molar-refractivity contribution in [2.24, 2.45) is 11.8 Å². The Kier molecular flexibility index (Phi) is 7.13. The fourth-order valence-corrected chi connectivity index (χ4v) is 3.55. The Morgan fingerprint density at radius 2 is 2.07 bits per heavy atom. The van der Waals surface area contributed by atoms with Gasteiger partial charge in [-0.05, 0) is 37.0 Å². The molecular weight excluding hydrogens is 396 g/mol. The minimum absolute atomic E-state index is 0.0332. The Labute approximate surface area is 174 Å². The van der Waals surface area contributed by atoms with Gasteiger partial charge >= 0.3 is 0 Å². The topological polar surface area (TPSA) is 87.8 Å². The van der Waals surface area contributed by atoms with Crippen LogP contribution >= 0.6 is 23.4 Å². The molecule has 2 aromatic rings. The Morgan fingerprint density at radius 1 is 1.39 bits per heavy atom. The van der Waals surface area contributed by atoms with Gasteiger partial charge in [-0.25, -0.2) is 4.98 Å². The fraction of sp³-hybridized carbons (Fsp3) is 0.500. The van der Waals surface area contributed by atoms with E-state index in [4.69, 9.17) is 11.6 Å². The molecule has 1 aromatic heterocycles. The molecule has 28 heavy (non-hydrogen) atoms. The Hall–Kier alpha value is -2.04. The number of nitriles is 1. The summed E-state index contributed by atoms with van der Waals surface area (Å²) in [5.74, 6) is -0.0151. The van der Waals surface area contributed by atoms with Gasteiger partial charge in [0.15, 0.2) is 5.16 Å². The minimum Gasteiger partial charge on any atom is -0.337 e. The molecule has 1 amide bonds. The zero-order valence-electron chi connectivity index (χ0n) is 16.7. The molecule has 0 spiro atoms. The van der Waals surface area contributed by atoms with Crippen LogP contribution in [0.4, 0.5) is 0 Å². The average Bonchev–Trinajstić information content (AvgIpc) is 2.62. The number of nitrogens with zero attached hydrogens (tertiary/aromatic N) is 3. The number of thioether (sulfide) groups is 1. The molecule has 0 saturated carbocycles. The molecule has 0 radical (unpaired) electrons. The number of carbonyl (C=O) groups is 1. The number of amides is 1. The SMILES string of the molecule is CC(C)Cn1c(SCC(=O)N[C@](C)(C#N)C(C)C)nc2ccc(Cl)cc2c1=O. The van der Waals surface area contributed by atoms with Crippen LogP contribution in [0, 0.1) is 23.2 Å². The number of hydrogen-bond acceptors (Lipinski definition) is 5. The molecule has 0 saturated heterocycles. The first-order valence-electron chi connectivity index (χ1n) is 9.12. The number of nitrogens with one attached hydrogen (secondary N) is 1. The maximum Gasteiger partial charge on any atom is 0.262 e. The van der Waals surface area contributed by atoms with Crippen molar-refractivity contribution in [3.05, 3.63) is 33.6 Å². The number of aromatic nitrogens is 2. The van der Waals surface area contributed by atoms with E-state index in [1.807, 2.05) is 27.7 Å². The zero-order chi connectivity index (χ0) is 21.1. The maximum absolute atomic E-state index is 13.0. The molecule has 0 aliphatic heterocycles. The zero-order valence-corrected chi connectivity index (χ0v) is 18.3. The molecule has 150 valence electrons. The number of fused-ring (bicyclic) bond motifs is 1. The van der Waals surface area contributed by atoms with Crippen molar-refractivity contribution in [3.8, 4) is 6.07 Å². The van der Waals surface area contributed by atoms with E-state index < -0.39 is 5.54 Å². The van der Waals surface area contributed by atoms with Crippen LogP contribution in [-0.2, 0) is 11.3 Å². The molecule has 1 aromatic carbocycles. The lowest BCUT2D eigenvalue weighted by Gasteiger charge is -2.27. The number of rotatable bonds is 7. The molecule has 0 unspecified atom stereocenters. The van der Waals surface area contributed by atoms with E-state index in [-0.39, 0.29) is 29.1 Å². The van der Waals surface area contributed by atoms with Crippen molar-refractivity contribution in [2.45, 2.75) is 51.9 Å². The third kappa shape index (κ3) is 5.06. The summed E-state index contributed by atoms with van der Waals surface area (Å²) in [5, 5.41) is 13.6. The van der Waals surface area contributed by atoms with Gasteiger partial charge in [0.25, 0.3) is 5.56 Å². The van der Waals surface area contributed by atoms with Gasteiger partial charge in [0.1, 0.15) is 5.54 Å². The highest BCUT2D eigenvalue weighted by atomic mass is 35.5. The van der Waals surface area contributed by atoms with Crippen molar-refractivity contribution < 1.29 is 4.79 Å². The van der Waals surface area contributed by atoms with E-state index in [1.165, 1.54) is 11.8 Å². The Bertz CT molecular complexity index is 981. The van der Waals surface area contributed by atoms with Crippen LogP contribution in [-0.4, -0.2) is 26.8 Å². The van der Waals surface area contributed by atoms with Crippen LogP contribution in [0.2, 0.25) is 5.02 Å². The molecule has 0 aliphatic carbocycles. The Morgan fingerprint density at radius 3 is 2.64 bits per heavy atom. The minimum atomic E-state index is -0.942. The van der Waals surface area contributed by atoms with Gasteiger partial charge in [-0.15, -0.1) is 0 Å². The summed E-state index contributed by atoms with van der Waals surface area (Å²) in [5.41, 5.74) is -0.572. The van der Waals surface area contributed by atoms with Crippen LogP contribution in [0.15, 0.2) is 28.2 Å². The number of carbonyl (C=O) groups excluding carboxylic acids is 1. The predicted octanol–water partition coefficient (Wildman–Crippen LogP) is 3.85. The second-order valence-electron chi connectivity index (χ2n) is 7.67. The molecule has 1 atom stereocenters. The fourth-order valence-electron chi connectivity index (χ4n) is 2.57. The summed E-state index contributed by atoms with van der Waals surface area (Å²) < 4.78 is 1.59. The lowest BCUT2D eigenvalue weighted by molar-refractivity contribution is -0.120. The average molecular weight is 421 g/mol. The first kappa shape index (κ1) is 22.3. The second kappa shape index (κ2) is 8.97. The van der Waals surface area contributed by atoms with Gasteiger partial charge in [0.2, 0.25) is 5.91 Å². The highest BCUT2D eigenvalue weighted by molar-refractivity contribution is 7.99. The van der Waals surface area contributed by atoms with E-state index in [0.29, 0.717) is 27.6 Å². The Balaban J connectivity index is 2.33. The standard InChI is InChI=1S/C20H25ClN4O2S/c1-12(2)9-25-18(27)15-8-14(21)6-7-16(15)23-19(25)28-10-17(26)24-20(5,11-22)13(3)4/h6-8,12-13H,9-10H2,1-5H3,(H,24,26)/t20-/m1/s1. The molecule has 0 fully saturated rings. The van der Waals surface area contributed by atoms with Crippen LogP contribution < -0.4 is 10.9 Å². The molecule has 6 nitrogen and oxygen atoms in total. The predicted molar refractivity (Wildman–Crippen MR) is 114 cm³/mol. The van der Waals surface area contributed by atoms with Gasteiger partial charge in [0.05, 0.1) is 22.7 Å². The third-order valence-corrected chi connectivity index (χ3v) is 5.76. The van der Waals surface area contributed by atoms with E-state index in [0.717, 1.165) is 0 Å². The second-order valence-corrected chi connectivity index (χ2v) is 9.05. The summed E-state index contributed by atoms with van der Waals surface area (Å²) in [6.07, 6.45) is 0. The molecule has 2 rings (SSSR count). The van der Waals surface area contributed by atoms with Crippen LogP contribution in [0.5, 0.6) is 0 Å². The first-order valence-corrected chi connectivity index (χ1v) is 10.5. The van der Waals surface area contributed by atoms with E-state index in [1.54, 1.807) is 29.7 Å². The molecule has 1 heterocycles. The van der Waals surface area contributed by atoms with Gasteiger partial charge < -0.3 is 5.32 Å². The summed E-state index contributed by atoms with van der Waals surface area (Å²) in [4.78, 5) is 29.9. The smallest absolute Gasteiger partial charge is 0.262 e. The lowest BCUT2D eigenvalue weighted by Crippen LogP contribution is -2.49. The van der Waals surface area contributed by atoms with Crippen LogP contribution in [0.25, 0.3) is 10.9 Å². The van der Waals surface area contributed by atoms with Crippen molar-refractivity contribution in [1.29, 1.82) is 5.26 Å². The van der Waals surface area contributed by atoms with Crippen LogP contribution in [0.3, 0.4) is 0 Å². The highest BCUT2D eigenvalue weighted by Gasteiger charge is 2.30. The molecule has 8 heteroatoms. The van der Waals surface area contributed by atoms with E-state index >= 15 is 0 Å². The normalized spacial score (nSPS) is 13.5. The van der Waals surface area contributed by atoms with Crippen molar-refractivity contribution in [3.63, 3.8) is 0 Å². The summed E-state index contributed by atoms with van der Waals surface area (Å²) >= 11 is 7.22.